The summed E-state index contributed by atoms with van der Waals surface area (Å²) in [5, 5.41) is 7.23. The first-order valence-corrected chi connectivity index (χ1v) is 7.48. The van der Waals surface area contributed by atoms with Crippen LogP contribution in [-0.4, -0.2) is 26.7 Å². The second-order valence-electron chi connectivity index (χ2n) is 5.64. The quantitative estimate of drug-likeness (QED) is 0.942. The van der Waals surface area contributed by atoms with E-state index in [9.17, 15) is 4.79 Å². The molecule has 0 radical (unpaired) electrons. The normalized spacial score (nSPS) is 15.9. The van der Waals surface area contributed by atoms with Gasteiger partial charge in [-0.05, 0) is 25.0 Å². The number of carbonyl (C=O) groups is 1. The predicted molar refractivity (Wildman–Crippen MR) is 80.8 cm³/mol. The Morgan fingerprint density at radius 2 is 2.05 bits per heavy atom. The summed E-state index contributed by atoms with van der Waals surface area (Å²) in [6.45, 7) is 0. The fourth-order valence-electron chi connectivity index (χ4n) is 2.77. The molecule has 5 heteroatoms. The summed E-state index contributed by atoms with van der Waals surface area (Å²) in [6, 6.07) is 4.02. The van der Waals surface area contributed by atoms with Gasteiger partial charge in [-0.2, -0.15) is 5.10 Å². The SMILES string of the molecule is Cn1cc(-c2ccc(C(=O)NC3CCCCC3)cn2)cn1. The molecular formula is C16H20N4O. The molecule has 1 saturated carbocycles. The molecule has 1 aliphatic rings. The topological polar surface area (TPSA) is 59.8 Å². The van der Waals surface area contributed by atoms with Crippen LogP contribution in [0.3, 0.4) is 0 Å². The average Bonchev–Trinajstić information content (AvgIpc) is 2.95. The highest BCUT2D eigenvalue weighted by Crippen LogP contribution is 2.19. The van der Waals surface area contributed by atoms with E-state index in [0.29, 0.717) is 11.6 Å². The molecule has 1 fully saturated rings. The lowest BCUT2D eigenvalue weighted by atomic mass is 9.95. The van der Waals surface area contributed by atoms with E-state index >= 15 is 0 Å². The van der Waals surface area contributed by atoms with Gasteiger partial charge in [0.05, 0.1) is 17.5 Å². The minimum absolute atomic E-state index is 0.0212. The van der Waals surface area contributed by atoms with E-state index in [1.165, 1.54) is 19.3 Å². The Morgan fingerprint density at radius 1 is 1.24 bits per heavy atom. The van der Waals surface area contributed by atoms with Crippen molar-refractivity contribution in [2.24, 2.45) is 7.05 Å². The molecule has 0 unspecified atom stereocenters. The van der Waals surface area contributed by atoms with Gasteiger partial charge in [-0.1, -0.05) is 19.3 Å². The highest BCUT2D eigenvalue weighted by atomic mass is 16.1. The Morgan fingerprint density at radius 3 is 2.67 bits per heavy atom. The van der Waals surface area contributed by atoms with Crippen LogP contribution in [0.1, 0.15) is 42.5 Å². The van der Waals surface area contributed by atoms with Crippen LogP contribution < -0.4 is 5.32 Å². The molecule has 0 spiro atoms. The zero-order valence-electron chi connectivity index (χ0n) is 12.2. The van der Waals surface area contributed by atoms with Gasteiger partial charge in [-0.3, -0.25) is 14.5 Å². The molecule has 0 aliphatic heterocycles. The molecule has 2 aromatic heterocycles. The van der Waals surface area contributed by atoms with Crippen molar-refractivity contribution in [3.63, 3.8) is 0 Å². The van der Waals surface area contributed by atoms with Gasteiger partial charge in [-0.15, -0.1) is 0 Å². The number of aryl methyl sites for hydroxylation is 1. The summed E-state index contributed by atoms with van der Waals surface area (Å²) in [5.41, 5.74) is 2.40. The van der Waals surface area contributed by atoms with Crippen molar-refractivity contribution in [2.75, 3.05) is 0 Å². The number of pyridine rings is 1. The first kappa shape index (κ1) is 13.8. The molecule has 2 aromatic rings. The van der Waals surface area contributed by atoms with E-state index in [4.69, 9.17) is 0 Å². The van der Waals surface area contributed by atoms with Crippen LogP contribution in [-0.2, 0) is 7.05 Å². The molecule has 5 nitrogen and oxygen atoms in total. The van der Waals surface area contributed by atoms with Crippen molar-refractivity contribution in [3.05, 3.63) is 36.3 Å². The summed E-state index contributed by atoms with van der Waals surface area (Å²) in [4.78, 5) is 16.6. The van der Waals surface area contributed by atoms with E-state index in [0.717, 1.165) is 24.1 Å². The minimum atomic E-state index is -0.0212. The van der Waals surface area contributed by atoms with Gasteiger partial charge in [0.15, 0.2) is 0 Å². The fourth-order valence-corrected chi connectivity index (χ4v) is 2.77. The number of amides is 1. The molecule has 3 rings (SSSR count). The fraction of sp³-hybridized carbons (Fsp3) is 0.438. The standard InChI is InChI=1S/C16H20N4O/c1-20-11-13(10-18-20)15-8-7-12(9-17-15)16(21)19-14-5-3-2-4-6-14/h7-11,14H,2-6H2,1H3,(H,19,21). The number of aromatic nitrogens is 3. The molecule has 1 amide bonds. The van der Waals surface area contributed by atoms with Gasteiger partial charge in [0, 0.05) is 31.0 Å². The maximum atomic E-state index is 12.2. The zero-order chi connectivity index (χ0) is 14.7. The van der Waals surface area contributed by atoms with E-state index in [1.807, 2.05) is 25.4 Å². The number of carbonyl (C=O) groups excluding carboxylic acids is 1. The third-order valence-electron chi connectivity index (χ3n) is 3.97. The maximum absolute atomic E-state index is 12.2. The number of nitrogens with one attached hydrogen (secondary N) is 1. The van der Waals surface area contributed by atoms with Crippen LogP contribution >= 0.6 is 0 Å². The van der Waals surface area contributed by atoms with Crippen LogP contribution in [0.4, 0.5) is 0 Å². The molecule has 2 heterocycles. The van der Waals surface area contributed by atoms with Gasteiger partial charge in [0.2, 0.25) is 0 Å². The molecule has 0 bridgehead atoms. The smallest absolute Gasteiger partial charge is 0.253 e. The molecule has 0 saturated heterocycles. The summed E-state index contributed by atoms with van der Waals surface area (Å²) in [5.74, 6) is -0.0212. The van der Waals surface area contributed by atoms with Crippen molar-refractivity contribution in [2.45, 2.75) is 38.1 Å². The molecular weight excluding hydrogens is 264 g/mol. The van der Waals surface area contributed by atoms with Gasteiger partial charge >= 0.3 is 0 Å². The Balaban J connectivity index is 1.67. The molecule has 0 aromatic carbocycles. The number of rotatable bonds is 3. The number of hydrogen-bond acceptors (Lipinski definition) is 3. The largest absolute Gasteiger partial charge is 0.349 e. The van der Waals surface area contributed by atoms with Gasteiger partial charge in [0.1, 0.15) is 0 Å². The summed E-state index contributed by atoms with van der Waals surface area (Å²) in [7, 11) is 1.87. The monoisotopic (exact) mass is 284 g/mol. The average molecular weight is 284 g/mol. The first-order valence-electron chi connectivity index (χ1n) is 7.48. The Bertz CT molecular complexity index is 611. The summed E-state index contributed by atoms with van der Waals surface area (Å²) in [6.07, 6.45) is 11.2. The third kappa shape index (κ3) is 3.29. The second-order valence-corrected chi connectivity index (χ2v) is 5.64. The third-order valence-corrected chi connectivity index (χ3v) is 3.97. The summed E-state index contributed by atoms with van der Waals surface area (Å²) >= 11 is 0. The Kier molecular flexibility index (Phi) is 3.99. The van der Waals surface area contributed by atoms with Gasteiger partial charge < -0.3 is 5.32 Å². The van der Waals surface area contributed by atoms with Crippen molar-refractivity contribution in [3.8, 4) is 11.3 Å². The maximum Gasteiger partial charge on any atom is 0.253 e. The predicted octanol–water partition coefficient (Wildman–Crippen LogP) is 2.54. The highest BCUT2D eigenvalue weighted by molar-refractivity contribution is 5.94. The molecule has 110 valence electrons. The van der Waals surface area contributed by atoms with Crippen molar-refractivity contribution < 1.29 is 4.79 Å². The van der Waals surface area contributed by atoms with E-state index in [1.54, 1.807) is 17.1 Å². The van der Waals surface area contributed by atoms with Crippen LogP contribution in [0.2, 0.25) is 0 Å². The van der Waals surface area contributed by atoms with Crippen LogP contribution in [0, 0.1) is 0 Å². The van der Waals surface area contributed by atoms with E-state index in [-0.39, 0.29) is 5.91 Å². The lowest BCUT2D eigenvalue weighted by Gasteiger charge is -2.22. The Hall–Kier alpha value is -2.17. The number of nitrogens with zero attached hydrogens (tertiary/aromatic N) is 3. The first-order chi connectivity index (χ1) is 10.2. The second kappa shape index (κ2) is 6.08. The number of hydrogen-bond donors (Lipinski definition) is 1. The van der Waals surface area contributed by atoms with Gasteiger partial charge in [0.25, 0.3) is 5.91 Å². The Labute approximate surface area is 124 Å². The van der Waals surface area contributed by atoms with Crippen LogP contribution in [0.5, 0.6) is 0 Å². The van der Waals surface area contributed by atoms with Crippen molar-refractivity contribution >= 4 is 5.91 Å². The lowest BCUT2D eigenvalue weighted by molar-refractivity contribution is 0.0927. The molecule has 21 heavy (non-hydrogen) atoms. The molecule has 0 atom stereocenters. The zero-order valence-corrected chi connectivity index (χ0v) is 12.2. The summed E-state index contributed by atoms with van der Waals surface area (Å²) < 4.78 is 1.74. The molecule has 1 N–H and O–H groups in total. The minimum Gasteiger partial charge on any atom is -0.349 e. The van der Waals surface area contributed by atoms with Crippen molar-refractivity contribution in [1.29, 1.82) is 0 Å². The van der Waals surface area contributed by atoms with Crippen molar-refractivity contribution in [1.82, 2.24) is 20.1 Å². The highest BCUT2D eigenvalue weighted by Gasteiger charge is 2.16. The van der Waals surface area contributed by atoms with Gasteiger partial charge in [-0.25, -0.2) is 0 Å². The lowest BCUT2D eigenvalue weighted by Crippen LogP contribution is -2.36. The van der Waals surface area contributed by atoms with E-state index in [2.05, 4.69) is 15.4 Å². The van der Waals surface area contributed by atoms with E-state index < -0.39 is 0 Å². The molecule has 1 aliphatic carbocycles. The van der Waals surface area contributed by atoms with Crippen LogP contribution in [0.15, 0.2) is 30.7 Å². The van der Waals surface area contributed by atoms with Crippen LogP contribution in [0.25, 0.3) is 11.3 Å².